The summed E-state index contributed by atoms with van der Waals surface area (Å²) < 4.78 is 58.9. The zero-order chi connectivity index (χ0) is 14.9. The van der Waals surface area contributed by atoms with Gasteiger partial charge in [0.05, 0.1) is 19.6 Å². The lowest BCUT2D eigenvalue weighted by Crippen LogP contribution is -3.12. The lowest BCUT2D eigenvalue weighted by atomic mass is 10.1. The summed E-state index contributed by atoms with van der Waals surface area (Å²) in [7, 11) is -6.09. The van der Waals surface area contributed by atoms with Crippen LogP contribution in [0.1, 0.15) is 45.4 Å². The molecule has 0 spiro atoms. The number of alkyl halides is 3. The standard InChI is InChI=1S/C10H21N.CHF3O3S/c1-2-3-5-8-11-9-6-4-7-10-11;2-1(3,4)8(5,6)7/h2-10H2,1H3;(H,5,6,7). The Morgan fingerprint density at radius 2 is 1.58 bits per heavy atom. The van der Waals surface area contributed by atoms with Crippen LogP contribution < -0.4 is 4.90 Å². The van der Waals surface area contributed by atoms with Gasteiger partial charge in [0.15, 0.2) is 10.1 Å². The molecule has 1 aliphatic rings. The third kappa shape index (κ3) is 9.23. The first-order valence-electron chi connectivity index (χ1n) is 6.54. The summed E-state index contributed by atoms with van der Waals surface area (Å²) >= 11 is 0. The van der Waals surface area contributed by atoms with Crippen molar-refractivity contribution in [2.75, 3.05) is 19.6 Å². The number of rotatable bonds is 4. The number of hydrogen-bond donors (Lipinski definition) is 1. The molecule has 1 heterocycles. The number of piperidine rings is 1. The van der Waals surface area contributed by atoms with Gasteiger partial charge in [-0.25, -0.2) is 8.42 Å². The van der Waals surface area contributed by atoms with Crippen LogP contribution in [0, 0.1) is 0 Å². The van der Waals surface area contributed by atoms with E-state index in [1.54, 1.807) is 0 Å². The third-order valence-electron chi connectivity index (χ3n) is 2.98. The molecule has 0 saturated carbocycles. The van der Waals surface area contributed by atoms with Crippen molar-refractivity contribution in [1.29, 1.82) is 0 Å². The molecule has 4 nitrogen and oxygen atoms in total. The second-order valence-corrected chi connectivity index (χ2v) is 6.04. The maximum atomic E-state index is 10.7. The van der Waals surface area contributed by atoms with Crippen LogP contribution in [0.2, 0.25) is 0 Å². The maximum absolute atomic E-state index is 10.7. The molecule has 0 aliphatic carbocycles. The van der Waals surface area contributed by atoms with Gasteiger partial charge in [0.1, 0.15) is 0 Å². The molecular formula is C11H22F3NO3S. The molecule has 0 amide bonds. The molecular weight excluding hydrogens is 283 g/mol. The first kappa shape index (κ1) is 18.7. The number of likely N-dealkylation sites (tertiary alicyclic amines) is 1. The number of quaternary nitrogens is 1. The van der Waals surface area contributed by atoms with Crippen molar-refractivity contribution in [3.8, 4) is 0 Å². The molecule has 1 aliphatic heterocycles. The van der Waals surface area contributed by atoms with E-state index >= 15 is 0 Å². The number of unbranched alkanes of at least 4 members (excludes halogenated alkanes) is 2. The highest BCUT2D eigenvalue weighted by molar-refractivity contribution is 7.86. The fourth-order valence-electron chi connectivity index (χ4n) is 1.93. The van der Waals surface area contributed by atoms with E-state index in [1.165, 1.54) is 58.2 Å². The highest BCUT2D eigenvalue weighted by atomic mass is 32.2. The zero-order valence-corrected chi connectivity index (χ0v) is 11.9. The highest BCUT2D eigenvalue weighted by Crippen LogP contribution is 2.20. The van der Waals surface area contributed by atoms with Crippen LogP contribution in [0.25, 0.3) is 0 Å². The Kier molecular flexibility index (Phi) is 8.60. The summed E-state index contributed by atoms with van der Waals surface area (Å²) in [5.74, 6) is 0. The molecule has 116 valence electrons. The van der Waals surface area contributed by atoms with Crippen molar-refractivity contribution in [1.82, 2.24) is 0 Å². The second kappa shape index (κ2) is 8.76. The Bertz CT molecular complexity index is 325. The minimum absolute atomic E-state index is 1.37. The van der Waals surface area contributed by atoms with Gasteiger partial charge in [0, 0.05) is 0 Å². The SMILES string of the molecule is CCCCC[NH+]1CCCCC1.O=S(=O)([O-])C(F)(F)F. The largest absolute Gasteiger partial charge is 0.741 e. The summed E-state index contributed by atoms with van der Waals surface area (Å²) in [5.41, 5.74) is -5.65. The van der Waals surface area contributed by atoms with Gasteiger partial charge in [0.2, 0.25) is 0 Å². The van der Waals surface area contributed by atoms with Crippen LogP contribution in [0.4, 0.5) is 13.2 Å². The van der Waals surface area contributed by atoms with Gasteiger partial charge in [-0.15, -0.1) is 0 Å². The summed E-state index contributed by atoms with van der Waals surface area (Å²) in [4.78, 5) is 1.87. The minimum Gasteiger partial charge on any atom is -0.741 e. The molecule has 8 heteroatoms. The van der Waals surface area contributed by atoms with Crippen LogP contribution >= 0.6 is 0 Å². The lowest BCUT2D eigenvalue weighted by Gasteiger charge is -2.23. The molecule has 0 aromatic heterocycles. The lowest BCUT2D eigenvalue weighted by molar-refractivity contribution is -0.905. The quantitative estimate of drug-likeness (QED) is 0.484. The normalized spacial score (nSPS) is 17.7. The topological polar surface area (TPSA) is 61.6 Å². The van der Waals surface area contributed by atoms with E-state index in [0.717, 1.165) is 0 Å². The van der Waals surface area contributed by atoms with Gasteiger partial charge in [0.25, 0.3) is 0 Å². The minimum atomic E-state index is -6.09. The Labute approximate surface area is 112 Å². The van der Waals surface area contributed by atoms with E-state index in [2.05, 4.69) is 6.92 Å². The van der Waals surface area contributed by atoms with Crippen molar-refractivity contribution < 1.29 is 31.0 Å². The Morgan fingerprint density at radius 3 is 1.95 bits per heavy atom. The maximum Gasteiger partial charge on any atom is 0.485 e. The van der Waals surface area contributed by atoms with E-state index < -0.39 is 15.6 Å². The molecule has 0 bridgehead atoms. The Hall–Kier alpha value is -0.340. The van der Waals surface area contributed by atoms with E-state index in [0.29, 0.717) is 0 Å². The van der Waals surface area contributed by atoms with Crippen molar-refractivity contribution in [3.63, 3.8) is 0 Å². The number of hydrogen-bond acceptors (Lipinski definition) is 3. The smallest absolute Gasteiger partial charge is 0.485 e. The fourth-order valence-corrected chi connectivity index (χ4v) is 1.93. The van der Waals surface area contributed by atoms with E-state index in [4.69, 9.17) is 13.0 Å². The predicted octanol–water partition coefficient (Wildman–Crippen LogP) is 1.30. The van der Waals surface area contributed by atoms with Crippen LogP contribution in [-0.4, -0.2) is 38.1 Å². The van der Waals surface area contributed by atoms with Gasteiger partial charge in [-0.05, 0) is 32.1 Å². The molecule has 1 fully saturated rings. The van der Waals surface area contributed by atoms with Gasteiger partial charge < -0.3 is 9.45 Å². The molecule has 0 unspecified atom stereocenters. The van der Waals surface area contributed by atoms with Gasteiger partial charge in [-0.1, -0.05) is 13.3 Å². The van der Waals surface area contributed by atoms with Gasteiger partial charge in [-0.3, -0.25) is 0 Å². The summed E-state index contributed by atoms with van der Waals surface area (Å²) in [6.45, 7) is 6.62. The molecule has 19 heavy (non-hydrogen) atoms. The number of nitrogens with one attached hydrogen (secondary N) is 1. The van der Waals surface area contributed by atoms with Crippen molar-refractivity contribution in [2.24, 2.45) is 0 Å². The molecule has 0 aromatic rings. The third-order valence-corrected chi connectivity index (χ3v) is 3.54. The summed E-state index contributed by atoms with van der Waals surface area (Å²) in [6, 6.07) is 0. The van der Waals surface area contributed by atoms with Crippen molar-refractivity contribution in [3.05, 3.63) is 0 Å². The predicted molar refractivity (Wildman–Crippen MR) is 64.7 cm³/mol. The second-order valence-electron chi connectivity index (χ2n) is 4.67. The highest BCUT2D eigenvalue weighted by Gasteiger charge is 2.36. The first-order valence-corrected chi connectivity index (χ1v) is 7.95. The zero-order valence-electron chi connectivity index (χ0n) is 11.1. The first-order chi connectivity index (χ1) is 8.68. The molecule has 1 saturated heterocycles. The van der Waals surface area contributed by atoms with Crippen LogP contribution in [-0.2, 0) is 10.1 Å². The Balaban J connectivity index is 0.000000362. The van der Waals surface area contributed by atoms with Gasteiger partial charge >= 0.3 is 5.51 Å². The van der Waals surface area contributed by atoms with Crippen LogP contribution in [0.15, 0.2) is 0 Å². The van der Waals surface area contributed by atoms with Gasteiger partial charge in [-0.2, -0.15) is 13.2 Å². The molecule has 0 atom stereocenters. The van der Waals surface area contributed by atoms with Crippen LogP contribution in [0.5, 0.6) is 0 Å². The van der Waals surface area contributed by atoms with Crippen molar-refractivity contribution in [2.45, 2.75) is 51.0 Å². The molecule has 0 aromatic carbocycles. The number of halogens is 3. The molecule has 1 rings (SSSR count). The molecule has 0 radical (unpaired) electrons. The average molecular weight is 305 g/mol. The average Bonchev–Trinajstić information content (AvgIpc) is 2.29. The fraction of sp³-hybridized carbons (Fsp3) is 1.00. The summed E-state index contributed by atoms with van der Waals surface area (Å²) in [6.07, 6.45) is 8.68. The monoisotopic (exact) mass is 305 g/mol. The van der Waals surface area contributed by atoms with Crippen LogP contribution in [0.3, 0.4) is 0 Å². The Morgan fingerprint density at radius 1 is 1.11 bits per heavy atom. The van der Waals surface area contributed by atoms with E-state index in [9.17, 15) is 13.2 Å². The molecule has 1 N–H and O–H groups in total. The summed E-state index contributed by atoms with van der Waals surface area (Å²) in [5, 5.41) is 0. The van der Waals surface area contributed by atoms with Crippen molar-refractivity contribution >= 4 is 10.1 Å². The van der Waals surface area contributed by atoms with E-state index in [1.807, 2.05) is 4.90 Å². The van der Waals surface area contributed by atoms with E-state index in [-0.39, 0.29) is 0 Å².